The Morgan fingerprint density at radius 1 is 1.25 bits per heavy atom. The van der Waals surface area contributed by atoms with Gasteiger partial charge in [-0.15, -0.1) is 0 Å². The van der Waals surface area contributed by atoms with Gasteiger partial charge in [0.15, 0.2) is 5.82 Å². The van der Waals surface area contributed by atoms with Crippen molar-refractivity contribution in [1.82, 2.24) is 15.3 Å². The topological polar surface area (TPSA) is 88.6 Å². The Bertz CT molecular complexity index is 965. The minimum Gasteiger partial charge on any atom is -0.377 e. The molecule has 0 bridgehead atoms. The number of rotatable bonds is 6. The second kappa shape index (κ2) is 9.42. The average Bonchev–Trinajstić information content (AvgIpc) is 3.11. The predicted octanol–water partition coefficient (Wildman–Crippen LogP) is 4.06. The first kappa shape index (κ1) is 22.5. The highest BCUT2D eigenvalue weighted by atomic mass is 16.5. The second-order valence-electron chi connectivity index (χ2n) is 8.65. The molecule has 2 aliphatic rings. The normalized spacial score (nSPS) is 22.5. The first-order valence-corrected chi connectivity index (χ1v) is 11.5. The molecule has 2 amide bonds. The molecule has 8 nitrogen and oxygen atoms in total. The van der Waals surface area contributed by atoms with Gasteiger partial charge in [0.25, 0.3) is 0 Å². The fourth-order valence-corrected chi connectivity index (χ4v) is 4.46. The Hall–Kier alpha value is -2.71. The van der Waals surface area contributed by atoms with Gasteiger partial charge in [-0.3, -0.25) is 0 Å². The number of carbonyl (C=O) groups is 1. The molecule has 1 fully saturated rings. The van der Waals surface area contributed by atoms with Crippen LogP contribution in [0.3, 0.4) is 0 Å². The Labute approximate surface area is 189 Å². The molecule has 1 aromatic heterocycles. The number of benzene rings is 1. The number of amides is 2. The van der Waals surface area contributed by atoms with Crippen LogP contribution in [0.1, 0.15) is 51.8 Å². The van der Waals surface area contributed by atoms with E-state index in [2.05, 4.69) is 36.3 Å². The van der Waals surface area contributed by atoms with Gasteiger partial charge >= 0.3 is 6.03 Å². The molecule has 0 aliphatic carbocycles. The summed E-state index contributed by atoms with van der Waals surface area (Å²) < 4.78 is 11.9. The third kappa shape index (κ3) is 4.42. The molecule has 2 aliphatic heterocycles. The predicted molar refractivity (Wildman–Crippen MR) is 125 cm³/mol. The summed E-state index contributed by atoms with van der Waals surface area (Å²) >= 11 is 0. The van der Waals surface area contributed by atoms with Crippen molar-refractivity contribution in [3.8, 4) is 11.4 Å². The Morgan fingerprint density at radius 2 is 2.03 bits per heavy atom. The summed E-state index contributed by atoms with van der Waals surface area (Å²) in [5, 5.41) is 5.56. The van der Waals surface area contributed by atoms with Gasteiger partial charge in [-0.1, -0.05) is 13.3 Å². The second-order valence-corrected chi connectivity index (χ2v) is 8.65. The van der Waals surface area contributed by atoms with Gasteiger partial charge in [0, 0.05) is 29.9 Å². The molecule has 1 saturated heterocycles. The van der Waals surface area contributed by atoms with Gasteiger partial charge < -0.3 is 25.0 Å². The maximum Gasteiger partial charge on any atom is 0.319 e. The third-order valence-corrected chi connectivity index (χ3v) is 6.13. The molecule has 0 spiro atoms. The van der Waals surface area contributed by atoms with E-state index in [1.165, 1.54) is 0 Å². The van der Waals surface area contributed by atoms with Crippen LogP contribution < -0.4 is 15.5 Å². The number of ether oxygens (including phenoxy) is 2. The summed E-state index contributed by atoms with van der Waals surface area (Å²) in [7, 11) is 0. The van der Waals surface area contributed by atoms with Crippen molar-refractivity contribution in [3.05, 3.63) is 35.5 Å². The molecule has 2 atom stereocenters. The quantitative estimate of drug-likeness (QED) is 0.706. The zero-order valence-electron chi connectivity index (χ0n) is 19.4. The summed E-state index contributed by atoms with van der Waals surface area (Å²) in [6.07, 6.45) is 1.92. The molecule has 2 aromatic rings. The van der Waals surface area contributed by atoms with Crippen LogP contribution in [0.2, 0.25) is 0 Å². The number of hydrogen-bond acceptors (Lipinski definition) is 6. The molecule has 1 aromatic carbocycles. The van der Waals surface area contributed by atoms with E-state index in [-0.39, 0.29) is 12.1 Å². The summed E-state index contributed by atoms with van der Waals surface area (Å²) in [6.45, 7) is 11.6. The minimum atomic E-state index is -0.411. The average molecular weight is 440 g/mol. The third-order valence-electron chi connectivity index (χ3n) is 6.13. The molecule has 172 valence electrons. The Kier molecular flexibility index (Phi) is 6.62. The summed E-state index contributed by atoms with van der Waals surface area (Å²) in [5.74, 6) is 1.62. The van der Waals surface area contributed by atoms with Crippen LogP contribution in [0.5, 0.6) is 0 Å². The molecule has 8 heteroatoms. The highest BCUT2D eigenvalue weighted by Crippen LogP contribution is 2.43. The van der Waals surface area contributed by atoms with Gasteiger partial charge in [-0.05, 0) is 51.5 Å². The number of anilines is 2. The van der Waals surface area contributed by atoms with Crippen LogP contribution in [0.4, 0.5) is 16.3 Å². The molecule has 0 saturated carbocycles. The van der Waals surface area contributed by atoms with E-state index < -0.39 is 5.60 Å². The lowest BCUT2D eigenvalue weighted by atomic mass is 9.94. The maximum atomic E-state index is 11.8. The van der Waals surface area contributed by atoms with Crippen molar-refractivity contribution >= 4 is 17.5 Å². The van der Waals surface area contributed by atoms with Gasteiger partial charge in [0.05, 0.1) is 31.6 Å². The molecular weight excluding hydrogens is 406 g/mol. The first-order valence-electron chi connectivity index (χ1n) is 11.5. The minimum absolute atomic E-state index is 0.217. The standard InChI is InChI=1S/C24H33N5O3/c1-5-11-24(4)20-19(15-32-24)22(29-12-13-31-14-16(29)3)28-21(27-20)17-7-9-18(10-8-17)26-23(30)25-6-2/h7-10,16H,5-6,11-15H2,1-4H3,(H2,25,26,30). The van der Waals surface area contributed by atoms with E-state index in [1.54, 1.807) is 0 Å². The monoisotopic (exact) mass is 439 g/mol. The van der Waals surface area contributed by atoms with Gasteiger partial charge in [-0.25, -0.2) is 14.8 Å². The number of aromatic nitrogens is 2. The van der Waals surface area contributed by atoms with Crippen LogP contribution in [0, 0.1) is 0 Å². The fraction of sp³-hybridized carbons (Fsp3) is 0.542. The molecule has 2 unspecified atom stereocenters. The smallest absolute Gasteiger partial charge is 0.319 e. The van der Waals surface area contributed by atoms with Crippen LogP contribution in [0.15, 0.2) is 24.3 Å². The number of fused-ring (bicyclic) bond motifs is 1. The fourth-order valence-electron chi connectivity index (χ4n) is 4.46. The summed E-state index contributed by atoms with van der Waals surface area (Å²) in [5.41, 5.74) is 3.30. The molecule has 2 N–H and O–H groups in total. The van der Waals surface area contributed by atoms with E-state index in [4.69, 9.17) is 19.4 Å². The number of hydrogen-bond donors (Lipinski definition) is 2. The molecular formula is C24H33N5O3. The van der Waals surface area contributed by atoms with Gasteiger partial charge in [-0.2, -0.15) is 0 Å². The molecule has 4 rings (SSSR count). The van der Waals surface area contributed by atoms with Crippen molar-refractivity contribution < 1.29 is 14.3 Å². The Morgan fingerprint density at radius 3 is 2.72 bits per heavy atom. The van der Waals surface area contributed by atoms with Crippen LogP contribution in [0.25, 0.3) is 11.4 Å². The number of morpholine rings is 1. The van der Waals surface area contributed by atoms with Gasteiger partial charge in [0.1, 0.15) is 11.4 Å². The van der Waals surface area contributed by atoms with Crippen molar-refractivity contribution in [1.29, 1.82) is 0 Å². The van der Waals surface area contributed by atoms with Crippen molar-refractivity contribution in [2.45, 2.75) is 58.8 Å². The van der Waals surface area contributed by atoms with Crippen molar-refractivity contribution in [2.24, 2.45) is 0 Å². The summed E-state index contributed by atoms with van der Waals surface area (Å²) in [6, 6.07) is 7.66. The lowest BCUT2D eigenvalue weighted by Gasteiger charge is -2.35. The van der Waals surface area contributed by atoms with Crippen molar-refractivity contribution in [3.63, 3.8) is 0 Å². The van der Waals surface area contributed by atoms with E-state index in [9.17, 15) is 4.79 Å². The number of nitrogens with zero attached hydrogens (tertiary/aromatic N) is 3. The highest BCUT2D eigenvalue weighted by molar-refractivity contribution is 5.89. The van der Waals surface area contributed by atoms with Crippen molar-refractivity contribution in [2.75, 3.05) is 36.5 Å². The van der Waals surface area contributed by atoms with E-state index in [0.29, 0.717) is 32.2 Å². The first-order chi connectivity index (χ1) is 15.4. The SMILES string of the molecule is CCCC1(C)OCc2c(N3CCOCC3C)nc(-c3ccc(NC(=O)NCC)cc3)nc21. The highest BCUT2D eigenvalue weighted by Gasteiger charge is 2.40. The van der Waals surface area contributed by atoms with Crippen LogP contribution in [-0.4, -0.2) is 48.3 Å². The zero-order valence-corrected chi connectivity index (χ0v) is 19.4. The van der Waals surface area contributed by atoms with E-state index in [1.807, 2.05) is 31.2 Å². The lowest BCUT2D eigenvalue weighted by molar-refractivity contribution is -0.0321. The van der Waals surface area contributed by atoms with E-state index >= 15 is 0 Å². The molecule has 32 heavy (non-hydrogen) atoms. The lowest BCUT2D eigenvalue weighted by Crippen LogP contribution is -2.44. The maximum absolute atomic E-state index is 11.8. The zero-order chi connectivity index (χ0) is 22.7. The van der Waals surface area contributed by atoms with E-state index in [0.717, 1.165) is 47.7 Å². The largest absolute Gasteiger partial charge is 0.377 e. The Balaban J connectivity index is 1.72. The van der Waals surface area contributed by atoms with Gasteiger partial charge in [0.2, 0.25) is 0 Å². The number of carbonyl (C=O) groups excluding carboxylic acids is 1. The molecule has 3 heterocycles. The van der Waals surface area contributed by atoms with Crippen LogP contribution >= 0.6 is 0 Å². The van der Waals surface area contributed by atoms with Crippen LogP contribution in [-0.2, 0) is 21.7 Å². The summed E-state index contributed by atoms with van der Waals surface area (Å²) in [4.78, 5) is 24.1. The molecule has 0 radical (unpaired) electrons. The number of urea groups is 1. The number of nitrogens with one attached hydrogen (secondary N) is 2.